The predicted molar refractivity (Wildman–Crippen MR) is 59.1 cm³/mol. The minimum Gasteiger partial charge on any atom is -0.547 e. The first-order chi connectivity index (χ1) is 5.99. The molecule has 0 spiro atoms. The van der Waals surface area contributed by atoms with Gasteiger partial charge in [-0.05, 0) is 18.6 Å². The van der Waals surface area contributed by atoms with Crippen LogP contribution in [0.15, 0.2) is 23.1 Å². The van der Waals surface area contributed by atoms with Crippen molar-refractivity contribution in [2.45, 2.75) is 11.8 Å². The van der Waals surface area contributed by atoms with Crippen molar-refractivity contribution < 1.29 is 41.1 Å². The number of rotatable bonds is 2. The fraction of sp³-hybridized carbons (Fsp3) is 0.222. The second-order valence-corrected chi connectivity index (χ2v) is 4.67. The van der Waals surface area contributed by atoms with E-state index in [4.69, 9.17) is 11.6 Å². The van der Waals surface area contributed by atoms with Gasteiger partial charge in [-0.1, -0.05) is 23.7 Å². The summed E-state index contributed by atoms with van der Waals surface area (Å²) in [5.41, 5.74) is 0.609. The molecule has 0 bridgehead atoms. The van der Waals surface area contributed by atoms with E-state index >= 15 is 0 Å². The zero-order chi connectivity index (χ0) is 10.1. The Morgan fingerprint density at radius 3 is 2.27 bits per heavy atom. The number of benzene rings is 1. The molecule has 0 saturated carbocycles. The van der Waals surface area contributed by atoms with Gasteiger partial charge in [0, 0.05) is 32.7 Å². The molecule has 15 heavy (non-hydrogen) atoms. The molecular weight excluding hydrogens is 311 g/mol. The van der Waals surface area contributed by atoms with Gasteiger partial charge in [0.1, 0.15) is 10.0 Å². The zero-order valence-corrected chi connectivity index (χ0v) is 13.3. The molecule has 0 N–H and O–H groups in total. The largest absolute Gasteiger partial charge is 0.547 e. The average molecular weight is 323 g/mol. The van der Waals surface area contributed by atoms with Crippen molar-refractivity contribution in [3.63, 3.8) is 0 Å². The van der Waals surface area contributed by atoms with Crippen LogP contribution in [0.25, 0.3) is 4.72 Å². The molecule has 0 aliphatic heterocycles. The second-order valence-electron chi connectivity index (χ2n) is 2.54. The Hall–Kier alpha value is 0.524. The summed E-state index contributed by atoms with van der Waals surface area (Å²) in [5.74, 6) is 0. The average Bonchev–Trinajstić information content (AvgIpc) is 2.03. The normalized spacial score (nSPS) is 10.1. The van der Waals surface area contributed by atoms with E-state index in [9.17, 15) is 8.42 Å². The number of nitrogens with zero attached hydrogens (tertiary/aromatic N) is 1. The molecule has 6 heteroatoms. The van der Waals surface area contributed by atoms with E-state index in [-0.39, 0.29) is 50.1 Å². The van der Waals surface area contributed by atoms with E-state index < -0.39 is 10.0 Å². The van der Waals surface area contributed by atoms with E-state index in [0.717, 1.165) is 0 Å². The maximum absolute atomic E-state index is 11.4. The van der Waals surface area contributed by atoms with Crippen LogP contribution >= 0.6 is 11.6 Å². The number of sulfonamides is 1. The molecule has 0 atom stereocenters. The van der Waals surface area contributed by atoms with Crippen molar-refractivity contribution in [2.75, 3.05) is 7.05 Å². The summed E-state index contributed by atoms with van der Waals surface area (Å²) in [7, 11) is -2.33. The molecular formula is C9H12ClNO2SY-2. The van der Waals surface area contributed by atoms with E-state index in [2.05, 4.69) is 4.72 Å². The number of aryl methyl sites for hydroxylation is 1. The minimum absolute atomic E-state index is 0. The van der Waals surface area contributed by atoms with Crippen molar-refractivity contribution in [3.05, 3.63) is 40.9 Å². The molecule has 0 unspecified atom stereocenters. The first-order valence-corrected chi connectivity index (χ1v) is 5.42. The van der Waals surface area contributed by atoms with Crippen molar-refractivity contribution >= 4 is 21.6 Å². The summed E-state index contributed by atoms with van der Waals surface area (Å²) >= 11 is 5.75. The maximum atomic E-state index is 11.4. The molecule has 1 aromatic carbocycles. The summed E-state index contributed by atoms with van der Waals surface area (Å²) < 4.78 is 26.1. The monoisotopic (exact) mass is 322 g/mol. The van der Waals surface area contributed by atoms with Crippen molar-refractivity contribution in [1.29, 1.82) is 0 Å². The molecule has 1 aromatic rings. The van der Waals surface area contributed by atoms with E-state index in [1.54, 1.807) is 19.1 Å². The first kappa shape index (κ1) is 17.9. The molecule has 1 radical (unpaired) electrons. The van der Waals surface area contributed by atoms with Crippen LogP contribution in [0.3, 0.4) is 0 Å². The number of hydrogen-bond donors (Lipinski definition) is 0. The number of halogens is 1. The van der Waals surface area contributed by atoms with Crippen LogP contribution in [0.5, 0.6) is 0 Å². The van der Waals surface area contributed by atoms with Crippen LogP contribution in [0.4, 0.5) is 0 Å². The molecule has 3 nitrogen and oxygen atoms in total. The van der Waals surface area contributed by atoms with Gasteiger partial charge in [0.25, 0.3) is 0 Å². The van der Waals surface area contributed by atoms with Gasteiger partial charge in [-0.2, -0.15) is 7.05 Å². The SMILES string of the molecule is C[N-]S(=O)(=O)c1c(C)cccc1Cl.[CH3-].[Y]. The van der Waals surface area contributed by atoms with E-state index in [1.165, 1.54) is 13.1 Å². The van der Waals surface area contributed by atoms with Crippen LogP contribution < -0.4 is 0 Å². The Kier molecular flexibility index (Phi) is 8.32. The first-order valence-electron chi connectivity index (χ1n) is 3.60. The zero-order valence-electron chi connectivity index (χ0n) is 8.86. The Morgan fingerprint density at radius 2 is 1.87 bits per heavy atom. The topological polar surface area (TPSA) is 48.2 Å². The van der Waals surface area contributed by atoms with Crippen LogP contribution in [0, 0.1) is 14.4 Å². The van der Waals surface area contributed by atoms with E-state index in [0.29, 0.717) is 5.56 Å². The third-order valence-electron chi connectivity index (χ3n) is 1.66. The second kappa shape index (κ2) is 6.97. The Labute approximate surface area is 122 Å². The Balaban J connectivity index is 0. The molecule has 0 heterocycles. The van der Waals surface area contributed by atoms with Gasteiger partial charge >= 0.3 is 0 Å². The van der Waals surface area contributed by atoms with E-state index in [1.807, 2.05) is 0 Å². The van der Waals surface area contributed by atoms with Gasteiger partial charge < -0.3 is 12.1 Å². The van der Waals surface area contributed by atoms with Crippen molar-refractivity contribution in [3.8, 4) is 0 Å². The van der Waals surface area contributed by atoms with Crippen LogP contribution in [-0.2, 0) is 42.7 Å². The summed E-state index contributed by atoms with van der Waals surface area (Å²) in [6.45, 7) is 1.68. The van der Waals surface area contributed by atoms with Crippen LogP contribution in [0.2, 0.25) is 5.02 Å². The summed E-state index contributed by atoms with van der Waals surface area (Å²) in [4.78, 5) is 0.0965. The third kappa shape index (κ3) is 4.12. The molecule has 0 aliphatic carbocycles. The van der Waals surface area contributed by atoms with Gasteiger partial charge in [0.05, 0.1) is 9.92 Å². The summed E-state index contributed by atoms with van der Waals surface area (Å²) in [5, 5.41) is 0.214. The molecule has 0 fully saturated rings. The van der Waals surface area contributed by atoms with Gasteiger partial charge in [-0.3, -0.25) is 0 Å². The molecule has 0 amide bonds. The van der Waals surface area contributed by atoms with Crippen LogP contribution in [0.1, 0.15) is 5.56 Å². The summed E-state index contributed by atoms with van der Waals surface area (Å²) in [6.07, 6.45) is 0. The third-order valence-corrected chi connectivity index (χ3v) is 3.63. The van der Waals surface area contributed by atoms with Crippen LogP contribution in [-0.4, -0.2) is 15.5 Å². The fourth-order valence-corrected chi connectivity index (χ4v) is 2.52. The smallest absolute Gasteiger partial charge is 0.102 e. The predicted octanol–water partition coefficient (Wildman–Crippen LogP) is 2.79. The number of hydrogen-bond acceptors (Lipinski definition) is 2. The molecule has 1 rings (SSSR count). The van der Waals surface area contributed by atoms with Gasteiger partial charge in [0.15, 0.2) is 0 Å². The van der Waals surface area contributed by atoms with Crippen molar-refractivity contribution in [1.82, 2.24) is 0 Å². The fourth-order valence-electron chi connectivity index (χ4n) is 1.03. The molecule has 0 saturated heterocycles. The van der Waals surface area contributed by atoms with Gasteiger partial charge in [-0.25, -0.2) is 8.42 Å². The molecule has 0 aromatic heterocycles. The Bertz CT molecular complexity index is 400. The standard InChI is InChI=1S/C8H9ClNO2S.CH3.Y/c1-6-4-3-5-7(9)8(6)13(11,12)10-2;;/h3-5H,1-2H3;1H3;/q2*-1;. The van der Waals surface area contributed by atoms with Gasteiger partial charge in [0.2, 0.25) is 0 Å². The molecule has 0 aliphatic rings. The quantitative estimate of drug-likeness (QED) is 0.786. The van der Waals surface area contributed by atoms with Gasteiger partial charge in [-0.15, -0.1) is 0 Å². The maximum Gasteiger partial charge on any atom is 0.102 e. The summed E-state index contributed by atoms with van der Waals surface area (Å²) in [6, 6.07) is 4.92. The molecule has 83 valence electrons. The minimum atomic E-state index is -3.57. The Morgan fingerprint density at radius 1 is 1.33 bits per heavy atom. The van der Waals surface area contributed by atoms with Crippen molar-refractivity contribution in [2.24, 2.45) is 0 Å².